The Kier molecular flexibility index (Phi) is 3.80. The van der Waals surface area contributed by atoms with Crippen molar-refractivity contribution in [1.29, 1.82) is 0 Å². The predicted molar refractivity (Wildman–Crippen MR) is 81.1 cm³/mol. The molecule has 0 saturated carbocycles. The molecule has 0 radical (unpaired) electrons. The zero-order chi connectivity index (χ0) is 15.5. The molecule has 7 nitrogen and oxygen atoms in total. The second-order valence-corrected chi connectivity index (χ2v) is 5.19. The summed E-state index contributed by atoms with van der Waals surface area (Å²) >= 11 is 0. The molecule has 0 saturated heterocycles. The van der Waals surface area contributed by atoms with Gasteiger partial charge in [-0.05, 0) is 36.1 Å². The third-order valence-electron chi connectivity index (χ3n) is 3.72. The van der Waals surface area contributed by atoms with Crippen LogP contribution in [0.15, 0.2) is 33.9 Å². The fourth-order valence-electron chi connectivity index (χ4n) is 2.71. The zero-order valence-corrected chi connectivity index (χ0v) is 12.2. The van der Waals surface area contributed by atoms with Crippen molar-refractivity contribution in [3.8, 4) is 11.3 Å². The van der Waals surface area contributed by atoms with Crippen LogP contribution in [0.25, 0.3) is 21.7 Å². The first-order chi connectivity index (χ1) is 10.7. The average molecular weight is 297 g/mol. The normalized spacial score (nSPS) is 13.4. The molecule has 1 amide bonds. The Morgan fingerprint density at radius 3 is 3.14 bits per heavy atom. The van der Waals surface area contributed by atoms with Gasteiger partial charge in [0.15, 0.2) is 0 Å². The van der Waals surface area contributed by atoms with Gasteiger partial charge in [0, 0.05) is 35.7 Å². The highest BCUT2D eigenvalue weighted by Gasteiger charge is 2.20. The molecule has 7 heteroatoms. The number of carbonyl (C=O) groups excluding carboxylic acids is 1. The van der Waals surface area contributed by atoms with Crippen LogP contribution in [-0.4, -0.2) is 17.6 Å². The van der Waals surface area contributed by atoms with E-state index in [0.717, 1.165) is 36.2 Å². The van der Waals surface area contributed by atoms with E-state index in [1.165, 1.54) is 0 Å². The Morgan fingerprint density at radius 1 is 1.50 bits per heavy atom. The lowest BCUT2D eigenvalue weighted by molar-refractivity contribution is -0.116. The van der Waals surface area contributed by atoms with Crippen LogP contribution in [0.3, 0.4) is 0 Å². The van der Waals surface area contributed by atoms with Gasteiger partial charge in [0.25, 0.3) is 0 Å². The number of aryl methyl sites for hydroxylation is 1. The molecule has 0 spiro atoms. The van der Waals surface area contributed by atoms with E-state index in [2.05, 4.69) is 15.2 Å². The van der Waals surface area contributed by atoms with Gasteiger partial charge in [0.05, 0.1) is 6.54 Å². The molecule has 112 valence electrons. The number of anilines is 1. The Balaban J connectivity index is 1.91. The topological polar surface area (TPSA) is 95.1 Å². The van der Waals surface area contributed by atoms with E-state index in [4.69, 9.17) is 10.1 Å². The molecular weight excluding hydrogens is 282 g/mol. The number of carbonyl (C=O) groups is 1. The van der Waals surface area contributed by atoms with Crippen molar-refractivity contribution in [1.82, 2.24) is 5.16 Å². The summed E-state index contributed by atoms with van der Waals surface area (Å²) in [4.78, 5) is 16.2. The van der Waals surface area contributed by atoms with Crippen LogP contribution in [0.2, 0.25) is 0 Å². The van der Waals surface area contributed by atoms with Crippen molar-refractivity contribution in [2.75, 3.05) is 11.4 Å². The molecule has 2 aromatic rings. The Morgan fingerprint density at radius 2 is 2.36 bits per heavy atom. The van der Waals surface area contributed by atoms with Gasteiger partial charge < -0.3 is 9.42 Å². The molecule has 0 aliphatic carbocycles. The smallest absolute Gasteiger partial charge is 0.223 e. The van der Waals surface area contributed by atoms with Gasteiger partial charge in [0.2, 0.25) is 5.91 Å². The first-order valence-corrected chi connectivity index (χ1v) is 7.07. The third-order valence-corrected chi connectivity index (χ3v) is 3.72. The first kappa shape index (κ1) is 14.2. The number of nitrogens with zero attached hydrogens (tertiary/aromatic N) is 5. The lowest BCUT2D eigenvalue weighted by Gasteiger charge is -2.28. The minimum Gasteiger partial charge on any atom is -0.361 e. The monoisotopic (exact) mass is 297 g/mol. The second kappa shape index (κ2) is 5.91. The van der Waals surface area contributed by atoms with Crippen LogP contribution in [0, 0.1) is 0 Å². The van der Waals surface area contributed by atoms with Crippen LogP contribution in [0.1, 0.15) is 24.7 Å². The van der Waals surface area contributed by atoms with Crippen molar-refractivity contribution < 1.29 is 9.32 Å². The molecule has 22 heavy (non-hydrogen) atoms. The van der Waals surface area contributed by atoms with Gasteiger partial charge in [-0.15, -0.1) is 0 Å². The van der Waals surface area contributed by atoms with Crippen molar-refractivity contribution in [2.24, 2.45) is 5.11 Å². The molecule has 0 fully saturated rings. The van der Waals surface area contributed by atoms with Crippen molar-refractivity contribution in [3.05, 3.63) is 46.0 Å². The Labute approximate surface area is 127 Å². The number of aromatic nitrogens is 1. The third kappa shape index (κ3) is 2.66. The van der Waals surface area contributed by atoms with Crippen LogP contribution in [0.5, 0.6) is 0 Å². The Hall–Kier alpha value is -2.79. The Bertz CT molecular complexity index is 761. The maximum absolute atomic E-state index is 11.7. The van der Waals surface area contributed by atoms with Gasteiger partial charge in [-0.25, -0.2) is 0 Å². The maximum atomic E-state index is 11.7. The van der Waals surface area contributed by atoms with Crippen LogP contribution in [0.4, 0.5) is 5.69 Å². The van der Waals surface area contributed by atoms with Crippen molar-refractivity contribution in [2.45, 2.75) is 26.3 Å². The number of fused-ring (bicyclic) bond motifs is 1. The molecule has 1 aliphatic heterocycles. The quantitative estimate of drug-likeness (QED) is 0.493. The summed E-state index contributed by atoms with van der Waals surface area (Å²) in [6.07, 6.45) is 1.90. The maximum Gasteiger partial charge on any atom is 0.223 e. The van der Waals surface area contributed by atoms with E-state index in [1.54, 1.807) is 17.9 Å². The van der Waals surface area contributed by atoms with Gasteiger partial charge in [0.1, 0.15) is 11.5 Å². The number of amides is 1. The fraction of sp³-hybridized carbons (Fsp3) is 0.333. The molecule has 3 rings (SSSR count). The minimum absolute atomic E-state index is 0.0618. The number of benzene rings is 1. The van der Waals surface area contributed by atoms with Crippen LogP contribution in [-0.2, 0) is 17.8 Å². The van der Waals surface area contributed by atoms with E-state index in [-0.39, 0.29) is 12.5 Å². The minimum atomic E-state index is 0.0618. The van der Waals surface area contributed by atoms with Gasteiger partial charge >= 0.3 is 0 Å². The summed E-state index contributed by atoms with van der Waals surface area (Å²) < 4.78 is 5.15. The molecule has 1 aliphatic rings. The fourth-order valence-corrected chi connectivity index (χ4v) is 2.71. The predicted octanol–water partition coefficient (Wildman–Crippen LogP) is 3.45. The summed E-state index contributed by atoms with van der Waals surface area (Å²) in [6, 6.07) is 7.68. The van der Waals surface area contributed by atoms with Crippen LogP contribution < -0.4 is 4.90 Å². The number of hydrogen-bond donors (Lipinski definition) is 0. The van der Waals surface area contributed by atoms with Gasteiger partial charge in [-0.3, -0.25) is 4.79 Å². The van der Waals surface area contributed by atoms with Crippen molar-refractivity contribution >= 4 is 11.6 Å². The highest BCUT2D eigenvalue weighted by molar-refractivity contribution is 5.93. The second-order valence-electron chi connectivity index (χ2n) is 5.19. The number of hydrogen-bond acceptors (Lipinski definition) is 4. The molecule has 1 aromatic heterocycles. The van der Waals surface area contributed by atoms with E-state index in [1.807, 2.05) is 18.2 Å². The molecule has 2 heterocycles. The summed E-state index contributed by atoms with van der Waals surface area (Å²) in [5.74, 6) is 0.586. The molecular formula is C15H15N5O2. The highest BCUT2D eigenvalue weighted by Crippen LogP contribution is 2.31. The van der Waals surface area contributed by atoms with Gasteiger partial charge in [-0.2, -0.15) is 0 Å². The van der Waals surface area contributed by atoms with E-state index in [9.17, 15) is 4.79 Å². The standard InChI is InChI=1S/C15H15N5O2/c1-10(21)20-6-2-3-12-7-11(4-5-15(12)20)14-8-13(22-18-14)9-17-19-16/h4-5,7-8H,2-3,6,9H2,1H3. The lowest BCUT2D eigenvalue weighted by atomic mass is 9.98. The van der Waals surface area contributed by atoms with Gasteiger partial charge in [-0.1, -0.05) is 16.3 Å². The average Bonchev–Trinajstić information content (AvgIpc) is 3.00. The van der Waals surface area contributed by atoms with Crippen LogP contribution >= 0.6 is 0 Å². The SMILES string of the molecule is CC(=O)N1CCCc2cc(-c3cc(CN=[N+]=[N-])on3)ccc21. The summed E-state index contributed by atoms with van der Waals surface area (Å²) in [5.41, 5.74) is 12.1. The zero-order valence-electron chi connectivity index (χ0n) is 12.2. The van der Waals surface area contributed by atoms with E-state index in [0.29, 0.717) is 11.5 Å². The van der Waals surface area contributed by atoms with E-state index < -0.39 is 0 Å². The molecule has 0 atom stereocenters. The largest absolute Gasteiger partial charge is 0.361 e. The number of azide groups is 1. The van der Waals surface area contributed by atoms with E-state index >= 15 is 0 Å². The summed E-state index contributed by atoms with van der Waals surface area (Å²) in [7, 11) is 0. The lowest BCUT2D eigenvalue weighted by Crippen LogP contribution is -2.33. The molecule has 0 unspecified atom stereocenters. The summed E-state index contributed by atoms with van der Waals surface area (Å²) in [6.45, 7) is 2.50. The summed E-state index contributed by atoms with van der Waals surface area (Å²) in [5, 5.41) is 7.45. The van der Waals surface area contributed by atoms with Crippen molar-refractivity contribution in [3.63, 3.8) is 0 Å². The molecule has 0 bridgehead atoms. The molecule has 0 N–H and O–H groups in total. The first-order valence-electron chi connectivity index (χ1n) is 7.07. The highest BCUT2D eigenvalue weighted by atomic mass is 16.5. The molecule has 1 aromatic carbocycles. The number of rotatable bonds is 3.